The smallest absolute Gasteiger partial charge is 0.326 e. The van der Waals surface area contributed by atoms with E-state index in [1.165, 1.54) is 0 Å². The fraction of sp³-hybridized carbons (Fsp3) is 0.167. The molecule has 2 aromatic carbocycles. The van der Waals surface area contributed by atoms with Crippen molar-refractivity contribution in [2.75, 3.05) is 5.32 Å². The number of carbonyl (C=O) groups is 1. The summed E-state index contributed by atoms with van der Waals surface area (Å²) in [6.45, 7) is 1.81. The first kappa shape index (κ1) is 16.2. The molecular weight excluding hydrogens is 326 g/mol. The van der Waals surface area contributed by atoms with Gasteiger partial charge in [0.15, 0.2) is 5.82 Å². The van der Waals surface area contributed by atoms with Crippen molar-refractivity contribution in [1.82, 2.24) is 9.97 Å². The molecule has 0 amide bonds. The first-order valence-electron chi connectivity index (χ1n) is 7.61. The lowest BCUT2D eigenvalue weighted by atomic mass is 10.1. The third-order valence-corrected chi connectivity index (χ3v) is 4.06. The molecule has 0 aliphatic rings. The Labute approximate surface area is 144 Å². The summed E-state index contributed by atoms with van der Waals surface area (Å²) in [6, 6.07) is 14.1. The highest BCUT2D eigenvalue weighted by Gasteiger charge is 2.18. The molecule has 1 atom stereocenters. The van der Waals surface area contributed by atoms with Crippen LogP contribution in [0.15, 0.2) is 48.5 Å². The molecule has 0 aliphatic carbocycles. The van der Waals surface area contributed by atoms with Crippen molar-refractivity contribution in [3.63, 3.8) is 0 Å². The standard InChI is InChI=1S/C18H16ClN3O2/c1-2-14(18(23)24)20-17-12-8-4-6-10-15(12)21-16(22-17)11-7-3-5-9-13(11)19/h3-10,14H,2H2,1H3,(H,23,24)(H,20,21,22). The van der Waals surface area contributed by atoms with Gasteiger partial charge in [-0.3, -0.25) is 0 Å². The molecule has 0 radical (unpaired) electrons. The predicted molar refractivity (Wildman–Crippen MR) is 95.3 cm³/mol. The van der Waals surface area contributed by atoms with Gasteiger partial charge < -0.3 is 10.4 Å². The van der Waals surface area contributed by atoms with E-state index < -0.39 is 12.0 Å². The number of benzene rings is 2. The van der Waals surface area contributed by atoms with Crippen molar-refractivity contribution in [3.8, 4) is 11.4 Å². The van der Waals surface area contributed by atoms with Crippen LogP contribution in [-0.4, -0.2) is 27.1 Å². The number of aromatic nitrogens is 2. The number of nitrogens with zero attached hydrogens (tertiary/aromatic N) is 2. The number of carboxylic acid groups (broad SMARTS) is 1. The van der Waals surface area contributed by atoms with Crippen LogP contribution in [-0.2, 0) is 4.79 Å². The monoisotopic (exact) mass is 341 g/mol. The first-order valence-corrected chi connectivity index (χ1v) is 7.99. The number of rotatable bonds is 5. The highest BCUT2D eigenvalue weighted by atomic mass is 35.5. The van der Waals surface area contributed by atoms with Crippen LogP contribution in [0.3, 0.4) is 0 Å². The van der Waals surface area contributed by atoms with Crippen molar-refractivity contribution < 1.29 is 9.90 Å². The summed E-state index contributed by atoms with van der Waals surface area (Å²) >= 11 is 6.25. The number of para-hydroxylation sites is 1. The van der Waals surface area contributed by atoms with Gasteiger partial charge in [-0.1, -0.05) is 42.8 Å². The summed E-state index contributed by atoms with van der Waals surface area (Å²) in [7, 11) is 0. The number of halogens is 1. The topological polar surface area (TPSA) is 75.1 Å². The Morgan fingerprint density at radius 1 is 1.17 bits per heavy atom. The third kappa shape index (κ3) is 3.16. The van der Waals surface area contributed by atoms with Gasteiger partial charge in [-0.15, -0.1) is 0 Å². The van der Waals surface area contributed by atoms with Crippen LogP contribution in [0.25, 0.3) is 22.3 Å². The van der Waals surface area contributed by atoms with Crippen LogP contribution in [0.1, 0.15) is 13.3 Å². The normalized spacial score (nSPS) is 12.1. The van der Waals surface area contributed by atoms with E-state index in [4.69, 9.17) is 11.6 Å². The zero-order valence-corrected chi connectivity index (χ0v) is 13.8. The van der Waals surface area contributed by atoms with Crippen LogP contribution < -0.4 is 5.32 Å². The van der Waals surface area contributed by atoms with Gasteiger partial charge in [0.05, 0.1) is 10.5 Å². The van der Waals surface area contributed by atoms with E-state index in [-0.39, 0.29) is 0 Å². The van der Waals surface area contributed by atoms with Crippen molar-refractivity contribution in [2.45, 2.75) is 19.4 Å². The Kier molecular flexibility index (Phi) is 4.62. The maximum absolute atomic E-state index is 11.4. The second kappa shape index (κ2) is 6.84. The average Bonchev–Trinajstić information content (AvgIpc) is 2.59. The van der Waals surface area contributed by atoms with Crippen molar-refractivity contribution in [3.05, 3.63) is 53.6 Å². The molecule has 0 saturated carbocycles. The maximum Gasteiger partial charge on any atom is 0.326 e. The van der Waals surface area contributed by atoms with Crippen LogP contribution in [0.5, 0.6) is 0 Å². The van der Waals surface area contributed by atoms with E-state index in [1.807, 2.05) is 49.4 Å². The van der Waals surface area contributed by atoms with E-state index in [9.17, 15) is 9.90 Å². The zero-order chi connectivity index (χ0) is 17.1. The minimum Gasteiger partial charge on any atom is -0.480 e. The highest BCUT2D eigenvalue weighted by Crippen LogP contribution is 2.29. The summed E-state index contributed by atoms with van der Waals surface area (Å²) in [5, 5.41) is 13.6. The number of fused-ring (bicyclic) bond motifs is 1. The number of anilines is 1. The van der Waals surface area contributed by atoms with E-state index >= 15 is 0 Å². The second-order valence-corrected chi connectivity index (χ2v) is 5.74. The molecule has 0 fully saturated rings. The van der Waals surface area contributed by atoms with Gasteiger partial charge in [0.25, 0.3) is 0 Å². The molecule has 0 saturated heterocycles. The molecule has 6 heteroatoms. The summed E-state index contributed by atoms with van der Waals surface area (Å²) in [6.07, 6.45) is 0.440. The first-order chi connectivity index (χ1) is 11.6. The molecule has 122 valence electrons. The highest BCUT2D eigenvalue weighted by molar-refractivity contribution is 6.33. The molecule has 0 aliphatic heterocycles. The molecular formula is C18H16ClN3O2. The summed E-state index contributed by atoms with van der Waals surface area (Å²) in [5.74, 6) is 0.0336. The Bertz CT molecular complexity index is 898. The molecule has 1 unspecified atom stereocenters. The van der Waals surface area contributed by atoms with Gasteiger partial charge in [-0.2, -0.15) is 0 Å². The zero-order valence-electron chi connectivity index (χ0n) is 13.0. The van der Waals surface area contributed by atoms with Gasteiger partial charge in [0, 0.05) is 10.9 Å². The quantitative estimate of drug-likeness (QED) is 0.726. The maximum atomic E-state index is 11.4. The number of carboxylic acids is 1. The van der Waals surface area contributed by atoms with Gasteiger partial charge in [-0.25, -0.2) is 14.8 Å². The van der Waals surface area contributed by atoms with E-state index in [0.717, 1.165) is 10.9 Å². The van der Waals surface area contributed by atoms with Gasteiger partial charge in [0.2, 0.25) is 0 Å². The van der Waals surface area contributed by atoms with E-state index in [1.54, 1.807) is 6.07 Å². The summed E-state index contributed by atoms with van der Waals surface area (Å²) in [5.41, 5.74) is 1.43. The van der Waals surface area contributed by atoms with Gasteiger partial charge >= 0.3 is 5.97 Å². The van der Waals surface area contributed by atoms with Crippen molar-refractivity contribution in [1.29, 1.82) is 0 Å². The minimum absolute atomic E-state index is 0.440. The van der Waals surface area contributed by atoms with Gasteiger partial charge in [0.1, 0.15) is 11.9 Å². The third-order valence-electron chi connectivity index (χ3n) is 3.74. The number of nitrogens with one attached hydrogen (secondary N) is 1. The lowest BCUT2D eigenvalue weighted by molar-refractivity contribution is -0.137. The Balaban J connectivity index is 2.16. The molecule has 2 N–H and O–H groups in total. The molecule has 0 bridgehead atoms. The van der Waals surface area contributed by atoms with Crippen molar-refractivity contribution >= 4 is 34.3 Å². The predicted octanol–water partition coefficient (Wildman–Crippen LogP) is 4.23. The van der Waals surface area contributed by atoms with E-state index in [0.29, 0.717) is 28.6 Å². The number of hydrogen-bond donors (Lipinski definition) is 2. The minimum atomic E-state index is -0.917. The number of aliphatic carboxylic acids is 1. The molecule has 5 nitrogen and oxygen atoms in total. The van der Waals surface area contributed by atoms with Gasteiger partial charge in [-0.05, 0) is 30.7 Å². The second-order valence-electron chi connectivity index (χ2n) is 5.34. The lowest BCUT2D eigenvalue weighted by Gasteiger charge is -2.16. The molecule has 3 aromatic rings. The molecule has 1 heterocycles. The van der Waals surface area contributed by atoms with Crippen LogP contribution >= 0.6 is 11.6 Å². The fourth-order valence-corrected chi connectivity index (χ4v) is 2.67. The Hall–Kier alpha value is -2.66. The summed E-state index contributed by atoms with van der Waals surface area (Å²) in [4.78, 5) is 20.4. The van der Waals surface area contributed by atoms with E-state index in [2.05, 4.69) is 15.3 Å². The largest absolute Gasteiger partial charge is 0.480 e. The lowest BCUT2D eigenvalue weighted by Crippen LogP contribution is -2.29. The average molecular weight is 342 g/mol. The SMILES string of the molecule is CCC(Nc1nc(-c2ccccc2Cl)nc2ccccc12)C(=O)O. The van der Waals surface area contributed by atoms with Crippen LogP contribution in [0.4, 0.5) is 5.82 Å². The fourth-order valence-electron chi connectivity index (χ4n) is 2.45. The van der Waals surface area contributed by atoms with Crippen molar-refractivity contribution in [2.24, 2.45) is 0 Å². The number of hydrogen-bond acceptors (Lipinski definition) is 4. The molecule has 0 spiro atoms. The van der Waals surface area contributed by atoms with Crippen LogP contribution in [0.2, 0.25) is 5.02 Å². The van der Waals surface area contributed by atoms with Crippen LogP contribution in [0, 0.1) is 0 Å². The summed E-state index contributed by atoms with van der Waals surface area (Å²) < 4.78 is 0. The molecule has 24 heavy (non-hydrogen) atoms. The molecule has 1 aromatic heterocycles. The Morgan fingerprint density at radius 3 is 2.58 bits per heavy atom. The Morgan fingerprint density at radius 2 is 1.88 bits per heavy atom. The molecule has 3 rings (SSSR count).